The van der Waals surface area contributed by atoms with Crippen molar-refractivity contribution in [3.63, 3.8) is 0 Å². The summed E-state index contributed by atoms with van der Waals surface area (Å²) in [5, 5.41) is 4.42. The topological polar surface area (TPSA) is 55.9 Å². The highest BCUT2D eigenvalue weighted by molar-refractivity contribution is 5.17. The molecule has 0 spiro atoms. The quantitative estimate of drug-likeness (QED) is 0.522. The predicted molar refractivity (Wildman–Crippen MR) is 52.9 cm³/mol. The Morgan fingerprint density at radius 1 is 1.54 bits per heavy atom. The Hall–Kier alpha value is -0.870. The summed E-state index contributed by atoms with van der Waals surface area (Å²) in [6.45, 7) is 7.10. The molecule has 0 saturated heterocycles. The monoisotopic (exact) mass is 182 g/mol. The van der Waals surface area contributed by atoms with Gasteiger partial charge in [0.2, 0.25) is 0 Å². The smallest absolute Gasteiger partial charge is 0.0681 e. The molecule has 0 fully saturated rings. The molecule has 0 aliphatic heterocycles. The third-order valence-electron chi connectivity index (χ3n) is 2.03. The lowest BCUT2D eigenvalue weighted by Crippen LogP contribution is -2.22. The van der Waals surface area contributed by atoms with E-state index in [9.17, 15) is 0 Å². The minimum Gasteiger partial charge on any atom is -0.271 e. The highest BCUT2D eigenvalue weighted by atomic mass is 15.3. The largest absolute Gasteiger partial charge is 0.271 e. The zero-order valence-electron chi connectivity index (χ0n) is 8.76. The molecule has 0 bridgehead atoms. The molecule has 0 amide bonds. The Bertz CT molecular complexity index is 282. The van der Waals surface area contributed by atoms with Gasteiger partial charge in [0.05, 0.1) is 17.9 Å². The lowest BCUT2D eigenvalue weighted by molar-refractivity contribution is 0.549. The van der Waals surface area contributed by atoms with Gasteiger partial charge in [0, 0.05) is 12.5 Å². The number of nitrogens with two attached hydrogens (primary N) is 1. The maximum absolute atomic E-state index is 5.26. The molecular formula is C9H18N4. The Kier molecular flexibility index (Phi) is 2.73. The molecule has 0 aliphatic carbocycles. The van der Waals surface area contributed by atoms with E-state index in [1.54, 1.807) is 0 Å². The summed E-state index contributed by atoms with van der Waals surface area (Å²) < 4.78 is 1.86. The van der Waals surface area contributed by atoms with E-state index in [0.717, 1.165) is 11.4 Å². The lowest BCUT2D eigenvalue weighted by Gasteiger charge is -2.13. The van der Waals surface area contributed by atoms with Crippen LogP contribution in [-0.4, -0.2) is 9.78 Å². The van der Waals surface area contributed by atoms with Crippen LogP contribution in [0.5, 0.6) is 0 Å². The normalized spacial score (nSPS) is 12.1. The van der Waals surface area contributed by atoms with Gasteiger partial charge in [-0.3, -0.25) is 16.0 Å². The number of hydrazine groups is 1. The van der Waals surface area contributed by atoms with Crippen molar-refractivity contribution in [3.8, 4) is 0 Å². The molecule has 4 nitrogen and oxygen atoms in total. The average molecular weight is 182 g/mol. The number of rotatable bonds is 2. The molecule has 0 saturated carbocycles. The highest BCUT2D eigenvalue weighted by Crippen LogP contribution is 2.20. The number of nitrogens with zero attached hydrogens (tertiary/aromatic N) is 2. The minimum atomic E-state index is 0.102. The zero-order chi connectivity index (χ0) is 10.1. The van der Waals surface area contributed by atoms with Crippen LogP contribution in [0.4, 0.5) is 0 Å². The zero-order valence-corrected chi connectivity index (χ0v) is 8.76. The number of nitrogens with one attached hydrogen (secondary N) is 1. The molecule has 1 aromatic heterocycles. The van der Waals surface area contributed by atoms with Crippen molar-refractivity contribution < 1.29 is 0 Å². The van der Waals surface area contributed by atoms with Crippen molar-refractivity contribution in [2.45, 2.75) is 32.7 Å². The summed E-state index contributed by atoms with van der Waals surface area (Å²) in [5.74, 6) is 5.26. The number of aryl methyl sites for hydroxylation is 1. The lowest BCUT2D eigenvalue weighted by atomic mass is 9.92. The Morgan fingerprint density at radius 3 is 2.54 bits per heavy atom. The fraction of sp³-hybridized carbons (Fsp3) is 0.667. The first-order valence-corrected chi connectivity index (χ1v) is 4.42. The van der Waals surface area contributed by atoms with Gasteiger partial charge in [-0.15, -0.1) is 0 Å². The number of hydrogen-bond donors (Lipinski definition) is 2. The second kappa shape index (κ2) is 3.47. The summed E-state index contributed by atoms with van der Waals surface area (Å²) in [7, 11) is 1.93. The van der Waals surface area contributed by atoms with Crippen molar-refractivity contribution in [1.82, 2.24) is 15.2 Å². The molecule has 0 aliphatic rings. The van der Waals surface area contributed by atoms with Crippen molar-refractivity contribution in [3.05, 3.63) is 17.5 Å². The second-order valence-electron chi connectivity index (χ2n) is 4.28. The molecule has 0 radical (unpaired) electrons. The van der Waals surface area contributed by atoms with Gasteiger partial charge in [-0.05, 0) is 6.07 Å². The summed E-state index contributed by atoms with van der Waals surface area (Å²) in [6, 6.07) is 2.08. The Labute approximate surface area is 79.1 Å². The molecule has 0 atom stereocenters. The van der Waals surface area contributed by atoms with Crippen LogP contribution in [0, 0.1) is 0 Å². The number of aromatic nitrogens is 2. The summed E-state index contributed by atoms with van der Waals surface area (Å²) in [5.41, 5.74) is 4.93. The van der Waals surface area contributed by atoms with Crippen LogP contribution in [0.1, 0.15) is 32.2 Å². The van der Waals surface area contributed by atoms with Crippen molar-refractivity contribution in [1.29, 1.82) is 0 Å². The standard InChI is InChI=1S/C9H18N4/c1-9(2,3)8-5-7(6-11-10)13(4)12-8/h5,11H,6,10H2,1-4H3. The summed E-state index contributed by atoms with van der Waals surface area (Å²) >= 11 is 0. The van der Waals surface area contributed by atoms with Gasteiger partial charge >= 0.3 is 0 Å². The van der Waals surface area contributed by atoms with Gasteiger partial charge < -0.3 is 0 Å². The maximum atomic E-state index is 5.26. The summed E-state index contributed by atoms with van der Waals surface area (Å²) in [6.07, 6.45) is 0. The molecule has 0 aromatic carbocycles. The third-order valence-corrected chi connectivity index (χ3v) is 2.03. The van der Waals surface area contributed by atoms with Crippen LogP contribution in [0.2, 0.25) is 0 Å². The van der Waals surface area contributed by atoms with Gasteiger partial charge in [-0.1, -0.05) is 20.8 Å². The molecular weight excluding hydrogens is 164 g/mol. The van der Waals surface area contributed by atoms with Gasteiger partial charge in [0.25, 0.3) is 0 Å². The first-order valence-electron chi connectivity index (χ1n) is 4.42. The molecule has 1 rings (SSSR count). The van der Waals surface area contributed by atoms with Gasteiger partial charge in [-0.25, -0.2) is 0 Å². The van der Waals surface area contributed by atoms with Crippen LogP contribution in [0.3, 0.4) is 0 Å². The van der Waals surface area contributed by atoms with Crippen LogP contribution in [0.15, 0.2) is 6.07 Å². The molecule has 0 unspecified atom stereocenters. The first-order chi connectivity index (χ1) is 5.95. The van der Waals surface area contributed by atoms with Gasteiger partial charge in [-0.2, -0.15) is 5.10 Å². The van der Waals surface area contributed by atoms with E-state index in [1.165, 1.54) is 0 Å². The molecule has 1 aromatic rings. The molecule has 3 N–H and O–H groups in total. The van der Waals surface area contributed by atoms with E-state index in [1.807, 2.05) is 11.7 Å². The third kappa shape index (κ3) is 2.29. The van der Waals surface area contributed by atoms with E-state index >= 15 is 0 Å². The first kappa shape index (κ1) is 10.2. The van der Waals surface area contributed by atoms with Crippen LogP contribution in [-0.2, 0) is 19.0 Å². The average Bonchev–Trinajstić information content (AvgIpc) is 2.32. The van der Waals surface area contributed by atoms with E-state index in [2.05, 4.69) is 37.4 Å². The molecule has 74 valence electrons. The van der Waals surface area contributed by atoms with Crippen LogP contribution >= 0.6 is 0 Å². The van der Waals surface area contributed by atoms with E-state index in [4.69, 9.17) is 5.84 Å². The van der Waals surface area contributed by atoms with Gasteiger partial charge in [0.15, 0.2) is 0 Å². The van der Waals surface area contributed by atoms with E-state index in [0.29, 0.717) is 6.54 Å². The highest BCUT2D eigenvalue weighted by Gasteiger charge is 2.18. The number of hydrogen-bond acceptors (Lipinski definition) is 3. The van der Waals surface area contributed by atoms with E-state index < -0.39 is 0 Å². The maximum Gasteiger partial charge on any atom is 0.0681 e. The molecule has 4 heteroatoms. The Morgan fingerprint density at radius 2 is 2.15 bits per heavy atom. The van der Waals surface area contributed by atoms with Crippen molar-refractivity contribution in [2.24, 2.45) is 12.9 Å². The molecule has 13 heavy (non-hydrogen) atoms. The van der Waals surface area contributed by atoms with Crippen molar-refractivity contribution >= 4 is 0 Å². The minimum absolute atomic E-state index is 0.102. The SMILES string of the molecule is Cn1nc(C(C)(C)C)cc1CNN. The van der Waals surface area contributed by atoms with Crippen molar-refractivity contribution in [2.75, 3.05) is 0 Å². The summed E-state index contributed by atoms with van der Waals surface area (Å²) in [4.78, 5) is 0. The fourth-order valence-corrected chi connectivity index (χ4v) is 1.14. The second-order valence-corrected chi connectivity index (χ2v) is 4.28. The Balaban J connectivity index is 2.95. The van der Waals surface area contributed by atoms with Crippen LogP contribution < -0.4 is 11.3 Å². The molecule has 1 heterocycles. The fourth-order valence-electron chi connectivity index (χ4n) is 1.14. The van der Waals surface area contributed by atoms with Crippen LogP contribution in [0.25, 0.3) is 0 Å². The predicted octanol–water partition coefficient (Wildman–Crippen LogP) is 0.681. The van der Waals surface area contributed by atoms with E-state index in [-0.39, 0.29) is 5.41 Å². The van der Waals surface area contributed by atoms with Gasteiger partial charge in [0.1, 0.15) is 0 Å².